The summed E-state index contributed by atoms with van der Waals surface area (Å²) in [6.45, 7) is 6.29. The molecule has 84 valence electrons. The van der Waals surface area contributed by atoms with Crippen LogP contribution in [0.15, 0.2) is 4.52 Å². The summed E-state index contributed by atoms with van der Waals surface area (Å²) in [6, 6.07) is 0.565. The van der Waals surface area contributed by atoms with Crippen LogP contribution < -0.4 is 0 Å². The van der Waals surface area contributed by atoms with Crippen molar-refractivity contribution in [3.8, 4) is 0 Å². The molecule has 0 amide bonds. The second-order valence-electron chi connectivity index (χ2n) is 4.28. The van der Waals surface area contributed by atoms with Gasteiger partial charge in [0.15, 0.2) is 5.82 Å². The Morgan fingerprint density at radius 2 is 2.40 bits per heavy atom. The summed E-state index contributed by atoms with van der Waals surface area (Å²) in [5, 5.41) is 12.5. The Hall–Kier alpha value is -0.940. The van der Waals surface area contributed by atoms with Crippen LogP contribution in [0.1, 0.15) is 37.9 Å². The predicted molar refractivity (Wildman–Crippen MR) is 54.3 cm³/mol. The van der Waals surface area contributed by atoms with E-state index in [-0.39, 0.29) is 6.61 Å². The highest BCUT2D eigenvalue weighted by atomic mass is 16.5. The van der Waals surface area contributed by atoms with Gasteiger partial charge in [-0.2, -0.15) is 4.98 Å². The highest BCUT2D eigenvalue weighted by Gasteiger charge is 2.29. The summed E-state index contributed by atoms with van der Waals surface area (Å²) in [5.41, 5.74) is 0. The Balaban J connectivity index is 2.01. The van der Waals surface area contributed by atoms with E-state index in [9.17, 15) is 0 Å². The van der Waals surface area contributed by atoms with Crippen LogP contribution in [0.5, 0.6) is 0 Å². The van der Waals surface area contributed by atoms with Crippen LogP contribution in [0.2, 0.25) is 0 Å². The van der Waals surface area contributed by atoms with E-state index in [1.807, 2.05) is 0 Å². The summed E-state index contributed by atoms with van der Waals surface area (Å²) in [7, 11) is 0. The van der Waals surface area contributed by atoms with Gasteiger partial charge in [-0.1, -0.05) is 5.16 Å². The molecular weight excluding hydrogens is 194 g/mol. The average Bonchev–Trinajstić information content (AvgIpc) is 2.86. The van der Waals surface area contributed by atoms with Crippen LogP contribution in [0.4, 0.5) is 0 Å². The third-order valence-corrected chi connectivity index (χ3v) is 2.92. The summed E-state index contributed by atoms with van der Waals surface area (Å²) in [6.07, 6.45) is 1.06. The number of hydrogen-bond acceptors (Lipinski definition) is 5. The van der Waals surface area contributed by atoms with Gasteiger partial charge in [-0.25, -0.2) is 0 Å². The molecule has 0 aliphatic carbocycles. The Morgan fingerprint density at radius 3 is 2.93 bits per heavy atom. The lowest BCUT2D eigenvalue weighted by molar-refractivity contribution is 0.258. The van der Waals surface area contributed by atoms with Gasteiger partial charge in [0.2, 0.25) is 5.89 Å². The lowest BCUT2D eigenvalue weighted by atomic mass is 10.1. The van der Waals surface area contributed by atoms with Gasteiger partial charge in [0.25, 0.3) is 0 Å². The van der Waals surface area contributed by atoms with E-state index < -0.39 is 0 Å². The second kappa shape index (κ2) is 4.28. The van der Waals surface area contributed by atoms with Gasteiger partial charge in [-0.15, -0.1) is 0 Å². The highest BCUT2D eigenvalue weighted by Crippen LogP contribution is 2.26. The monoisotopic (exact) mass is 211 g/mol. The normalized spacial score (nSPS) is 22.8. The molecule has 0 bridgehead atoms. The maximum Gasteiger partial charge on any atom is 0.231 e. The molecule has 2 heterocycles. The quantitative estimate of drug-likeness (QED) is 0.799. The fourth-order valence-electron chi connectivity index (χ4n) is 1.96. The maximum atomic E-state index is 8.84. The van der Waals surface area contributed by atoms with Crippen LogP contribution in [0.3, 0.4) is 0 Å². The second-order valence-corrected chi connectivity index (χ2v) is 4.28. The van der Waals surface area contributed by atoms with Gasteiger partial charge in [0.1, 0.15) is 6.61 Å². The van der Waals surface area contributed by atoms with E-state index in [2.05, 4.69) is 28.9 Å². The third-order valence-electron chi connectivity index (χ3n) is 2.92. The van der Waals surface area contributed by atoms with Crippen molar-refractivity contribution >= 4 is 0 Å². The molecule has 0 aromatic carbocycles. The maximum absolute atomic E-state index is 8.84. The Kier molecular flexibility index (Phi) is 3.02. The zero-order valence-electron chi connectivity index (χ0n) is 9.18. The molecule has 1 saturated heterocycles. The van der Waals surface area contributed by atoms with Gasteiger partial charge in [0.05, 0.1) is 5.92 Å². The predicted octanol–water partition coefficient (Wildman–Crippen LogP) is 0.760. The van der Waals surface area contributed by atoms with E-state index in [1.165, 1.54) is 0 Å². The minimum absolute atomic E-state index is 0.149. The standard InChI is InChI=1S/C10H17N3O2/c1-7(2)13-4-3-8(5-13)10-11-9(6-14)12-15-10/h7-8,14H,3-6H2,1-2H3. The number of rotatable bonds is 3. The van der Waals surface area contributed by atoms with Crippen molar-refractivity contribution < 1.29 is 9.63 Å². The lowest BCUT2D eigenvalue weighted by Crippen LogP contribution is -2.27. The van der Waals surface area contributed by atoms with Gasteiger partial charge < -0.3 is 14.5 Å². The average molecular weight is 211 g/mol. The van der Waals surface area contributed by atoms with Crippen LogP contribution in [0.25, 0.3) is 0 Å². The molecule has 1 aliphatic rings. The number of aliphatic hydroxyl groups excluding tert-OH is 1. The molecule has 1 unspecified atom stereocenters. The molecule has 15 heavy (non-hydrogen) atoms. The molecule has 0 radical (unpaired) electrons. The topological polar surface area (TPSA) is 62.4 Å². The molecule has 5 heteroatoms. The van der Waals surface area contributed by atoms with Gasteiger partial charge >= 0.3 is 0 Å². The van der Waals surface area contributed by atoms with Crippen LogP contribution in [-0.2, 0) is 6.61 Å². The summed E-state index contributed by atoms with van der Waals surface area (Å²) in [5.74, 6) is 1.38. The molecule has 0 saturated carbocycles. The molecular formula is C10H17N3O2. The summed E-state index contributed by atoms with van der Waals surface area (Å²) in [4.78, 5) is 6.55. The van der Waals surface area contributed by atoms with Crippen LogP contribution >= 0.6 is 0 Å². The summed E-state index contributed by atoms with van der Waals surface area (Å²) >= 11 is 0. The molecule has 1 aliphatic heterocycles. The zero-order chi connectivity index (χ0) is 10.8. The van der Waals surface area contributed by atoms with Crippen molar-refractivity contribution in [2.45, 2.75) is 38.8 Å². The zero-order valence-corrected chi connectivity index (χ0v) is 9.18. The Labute approximate surface area is 89.1 Å². The van der Waals surface area contributed by atoms with Gasteiger partial charge in [-0.05, 0) is 26.8 Å². The van der Waals surface area contributed by atoms with Crippen molar-refractivity contribution in [1.29, 1.82) is 0 Å². The number of nitrogens with zero attached hydrogens (tertiary/aromatic N) is 3. The number of hydrogen-bond donors (Lipinski definition) is 1. The first kappa shape index (κ1) is 10.6. The smallest absolute Gasteiger partial charge is 0.231 e. The van der Waals surface area contributed by atoms with Crippen molar-refractivity contribution in [2.24, 2.45) is 0 Å². The fourth-order valence-corrected chi connectivity index (χ4v) is 1.96. The largest absolute Gasteiger partial charge is 0.388 e. The van der Waals surface area contributed by atoms with E-state index in [0.717, 1.165) is 19.5 Å². The van der Waals surface area contributed by atoms with E-state index >= 15 is 0 Å². The van der Waals surface area contributed by atoms with Crippen molar-refractivity contribution in [3.05, 3.63) is 11.7 Å². The molecule has 2 rings (SSSR count). The molecule has 1 atom stereocenters. The molecule has 1 fully saturated rings. The molecule has 1 aromatic rings. The van der Waals surface area contributed by atoms with Crippen molar-refractivity contribution in [3.63, 3.8) is 0 Å². The first-order valence-electron chi connectivity index (χ1n) is 5.38. The summed E-state index contributed by atoms with van der Waals surface area (Å²) < 4.78 is 5.12. The van der Waals surface area contributed by atoms with Gasteiger partial charge in [0, 0.05) is 12.6 Å². The first-order chi connectivity index (χ1) is 7.20. The van der Waals surface area contributed by atoms with Crippen molar-refractivity contribution in [2.75, 3.05) is 13.1 Å². The van der Waals surface area contributed by atoms with E-state index in [4.69, 9.17) is 9.63 Å². The number of likely N-dealkylation sites (tertiary alicyclic amines) is 1. The lowest BCUT2D eigenvalue weighted by Gasteiger charge is -2.19. The SMILES string of the molecule is CC(C)N1CCC(c2nc(CO)no2)C1. The number of aromatic nitrogens is 2. The van der Waals surface area contributed by atoms with Crippen LogP contribution in [-0.4, -0.2) is 39.3 Å². The Bertz CT molecular complexity index is 324. The number of aliphatic hydroxyl groups is 1. The molecule has 1 N–H and O–H groups in total. The third kappa shape index (κ3) is 2.18. The van der Waals surface area contributed by atoms with Gasteiger partial charge in [-0.3, -0.25) is 0 Å². The Morgan fingerprint density at radius 1 is 1.60 bits per heavy atom. The van der Waals surface area contributed by atoms with Crippen molar-refractivity contribution in [1.82, 2.24) is 15.0 Å². The highest BCUT2D eigenvalue weighted by molar-refractivity contribution is 4.98. The molecule has 5 nitrogen and oxygen atoms in total. The molecule has 1 aromatic heterocycles. The minimum Gasteiger partial charge on any atom is -0.388 e. The first-order valence-corrected chi connectivity index (χ1v) is 5.38. The fraction of sp³-hybridized carbons (Fsp3) is 0.800. The van der Waals surface area contributed by atoms with Crippen LogP contribution in [0, 0.1) is 0 Å². The minimum atomic E-state index is -0.149. The molecule has 0 spiro atoms. The van der Waals surface area contributed by atoms with E-state index in [1.54, 1.807) is 0 Å². The van der Waals surface area contributed by atoms with E-state index in [0.29, 0.717) is 23.7 Å².